The zero-order valence-electron chi connectivity index (χ0n) is 11.6. The summed E-state index contributed by atoms with van der Waals surface area (Å²) >= 11 is 0. The summed E-state index contributed by atoms with van der Waals surface area (Å²) in [5, 5.41) is 0. The molecule has 5 heteroatoms. The van der Waals surface area contributed by atoms with Gasteiger partial charge in [0.05, 0.1) is 0 Å². The van der Waals surface area contributed by atoms with E-state index in [9.17, 15) is 0 Å². The molecule has 1 aliphatic rings. The van der Waals surface area contributed by atoms with Crippen LogP contribution < -0.4 is 10.6 Å². The Balaban J connectivity index is 2.03. The van der Waals surface area contributed by atoms with Crippen molar-refractivity contribution in [3.05, 3.63) is 11.9 Å². The molecule has 1 atom stereocenters. The Morgan fingerprint density at radius 2 is 1.94 bits per heavy atom. The van der Waals surface area contributed by atoms with Crippen molar-refractivity contribution in [2.45, 2.75) is 33.2 Å². The van der Waals surface area contributed by atoms with Crippen molar-refractivity contribution in [1.29, 1.82) is 0 Å². The Morgan fingerprint density at radius 3 is 2.56 bits per heavy atom. The molecule has 5 nitrogen and oxygen atoms in total. The number of aromatic nitrogens is 2. The van der Waals surface area contributed by atoms with Crippen LogP contribution in [0.5, 0.6) is 0 Å². The molecule has 2 heterocycles. The van der Waals surface area contributed by atoms with Gasteiger partial charge in [0, 0.05) is 37.8 Å². The summed E-state index contributed by atoms with van der Waals surface area (Å²) in [6.07, 6.45) is 2.76. The molecule has 0 radical (unpaired) electrons. The second-order valence-electron chi connectivity index (χ2n) is 4.99. The van der Waals surface area contributed by atoms with Crippen molar-refractivity contribution in [3.8, 4) is 0 Å². The van der Waals surface area contributed by atoms with E-state index in [1.165, 1.54) is 6.42 Å². The molecule has 100 valence electrons. The zero-order chi connectivity index (χ0) is 13.1. The smallest absolute Gasteiger partial charge is 0.137 e. The zero-order valence-corrected chi connectivity index (χ0v) is 11.6. The third kappa shape index (κ3) is 2.56. The molecular formula is C13H23N5. The van der Waals surface area contributed by atoms with Gasteiger partial charge in [-0.05, 0) is 20.3 Å². The SMILES string of the molecule is CCC(C)N1CCN(c2ncnc(N)c2C)CC1. The van der Waals surface area contributed by atoms with Gasteiger partial charge in [-0.2, -0.15) is 0 Å². The quantitative estimate of drug-likeness (QED) is 0.874. The second-order valence-corrected chi connectivity index (χ2v) is 4.99. The van der Waals surface area contributed by atoms with Crippen molar-refractivity contribution in [1.82, 2.24) is 14.9 Å². The van der Waals surface area contributed by atoms with E-state index in [2.05, 4.69) is 33.6 Å². The molecule has 2 N–H and O–H groups in total. The van der Waals surface area contributed by atoms with Crippen molar-refractivity contribution < 1.29 is 0 Å². The molecule has 1 aromatic heterocycles. The summed E-state index contributed by atoms with van der Waals surface area (Å²) in [6.45, 7) is 10.8. The molecule has 1 aliphatic heterocycles. The van der Waals surface area contributed by atoms with Crippen LogP contribution in [0.25, 0.3) is 0 Å². The van der Waals surface area contributed by atoms with Gasteiger partial charge in [-0.25, -0.2) is 9.97 Å². The molecular weight excluding hydrogens is 226 g/mol. The molecule has 0 aliphatic carbocycles. The fraction of sp³-hybridized carbons (Fsp3) is 0.692. The first-order valence-electron chi connectivity index (χ1n) is 6.69. The average molecular weight is 249 g/mol. The highest BCUT2D eigenvalue weighted by atomic mass is 15.3. The normalized spacial score (nSPS) is 18.9. The molecule has 1 aromatic rings. The predicted octanol–water partition coefficient (Wildman–Crippen LogP) is 1.29. The van der Waals surface area contributed by atoms with Crippen LogP contribution in [-0.4, -0.2) is 47.1 Å². The van der Waals surface area contributed by atoms with Crippen LogP contribution in [0.1, 0.15) is 25.8 Å². The minimum atomic E-state index is 0.587. The molecule has 1 saturated heterocycles. The van der Waals surface area contributed by atoms with E-state index < -0.39 is 0 Å². The van der Waals surface area contributed by atoms with E-state index in [1.807, 2.05) is 6.92 Å². The molecule has 0 spiro atoms. The molecule has 0 amide bonds. The lowest BCUT2D eigenvalue weighted by molar-refractivity contribution is 0.192. The van der Waals surface area contributed by atoms with Crippen LogP contribution in [0.3, 0.4) is 0 Å². The lowest BCUT2D eigenvalue weighted by Crippen LogP contribution is -2.49. The third-order valence-electron chi connectivity index (χ3n) is 3.92. The maximum Gasteiger partial charge on any atom is 0.137 e. The maximum atomic E-state index is 5.84. The van der Waals surface area contributed by atoms with Crippen molar-refractivity contribution >= 4 is 11.6 Å². The average Bonchev–Trinajstić information content (AvgIpc) is 2.41. The highest BCUT2D eigenvalue weighted by Gasteiger charge is 2.22. The largest absolute Gasteiger partial charge is 0.383 e. The van der Waals surface area contributed by atoms with E-state index in [0.29, 0.717) is 11.9 Å². The number of piperazine rings is 1. The fourth-order valence-corrected chi connectivity index (χ4v) is 2.41. The minimum Gasteiger partial charge on any atom is -0.383 e. The van der Waals surface area contributed by atoms with Gasteiger partial charge in [0.2, 0.25) is 0 Å². The Labute approximate surface area is 109 Å². The van der Waals surface area contributed by atoms with E-state index in [-0.39, 0.29) is 0 Å². The minimum absolute atomic E-state index is 0.587. The number of rotatable bonds is 3. The number of nitrogens with two attached hydrogens (primary N) is 1. The topological polar surface area (TPSA) is 58.3 Å². The van der Waals surface area contributed by atoms with Gasteiger partial charge in [0.25, 0.3) is 0 Å². The van der Waals surface area contributed by atoms with Gasteiger partial charge in [0.15, 0.2) is 0 Å². The number of nitrogens with zero attached hydrogens (tertiary/aromatic N) is 4. The van der Waals surface area contributed by atoms with Gasteiger partial charge in [-0.1, -0.05) is 6.92 Å². The molecule has 0 aromatic carbocycles. The first kappa shape index (κ1) is 13.1. The Morgan fingerprint density at radius 1 is 1.28 bits per heavy atom. The summed E-state index contributed by atoms with van der Waals surface area (Å²) < 4.78 is 0. The Bertz CT molecular complexity index is 398. The maximum absolute atomic E-state index is 5.84. The summed E-state index contributed by atoms with van der Waals surface area (Å²) in [4.78, 5) is 13.2. The van der Waals surface area contributed by atoms with Crippen molar-refractivity contribution in [3.63, 3.8) is 0 Å². The number of nitrogen functional groups attached to an aromatic ring is 1. The Kier molecular flexibility index (Phi) is 4.01. The van der Waals surface area contributed by atoms with Crippen LogP contribution in [0.4, 0.5) is 11.6 Å². The third-order valence-corrected chi connectivity index (χ3v) is 3.92. The molecule has 0 bridgehead atoms. The van der Waals surface area contributed by atoms with Gasteiger partial charge < -0.3 is 10.6 Å². The van der Waals surface area contributed by atoms with Gasteiger partial charge in [0.1, 0.15) is 18.0 Å². The highest BCUT2D eigenvalue weighted by Crippen LogP contribution is 2.21. The fourth-order valence-electron chi connectivity index (χ4n) is 2.41. The summed E-state index contributed by atoms with van der Waals surface area (Å²) in [7, 11) is 0. The van der Waals surface area contributed by atoms with Crippen LogP contribution in [-0.2, 0) is 0 Å². The molecule has 1 unspecified atom stereocenters. The van der Waals surface area contributed by atoms with Crippen LogP contribution >= 0.6 is 0 Å². The number of hydrogen-bond donors (Lipinski definition) is 1. The van der Waals surface area contributed by atoms with E-state index in [1.54, 1.807) is 6.33 Å². The number of anilines is 2. The van der Waals surface area contributed by atoms with E-state index >= 15 is 0 Å². The van der Waals surface area contributed by atoms with E-state index in [0.717, 1.165) is 37.6 Å². The van der Waals surface area contributed by atoms with Crippen LogP contribution in [0, 0.1) is 6.92 Å². The molecule has 2 rings (SSSR count). The predicted molar refractivity (Wildman–Crippen MR) is 74.7 cm³/mol. The first-order chi connectivity index (χ1) is 8.63. The van der Waals surface area contributed by atoms with Gasteiger partial charge in [-0.3, -0.25) is 4.90 Å². The lowest BCUT2D eigenvalue weighted by Gasteiger charge is -2.38. The van der Waals surface area contributed by atoms with E-state index in [4.69, 9.17) is 5.73 Å². The summed E-state index contributed by atoms with van der Waals surface area (Å²) in [6, 6.07) is 0.670. The van der Waals surface area contributed by atoms with Gasteiger partial charge >= 0.3 is 0 Å². The molecule has 1 fully saturated rings. The van der Waals surface area contributed by atoms with Gasteiger partial charge in [-0.15, -0.1) is 0 Å². The van der Waals surface area contributed by atoms with Crippen molar-refractivity contribution in [2.75, 3.05) is 36.8 Å². The standard InChI is InChI=1S/C13H23N5/c1-4-10(2)17-5-7-18(8-6-17)13-11(3)12(14)15-9-16-13/h9-10H,4-8H2,1-3H3,(H2,14,15,16). The summed E-state index contributed by atoms with van der Waals surface area (Å²) in [5.74, 6) is 1.58. The molecule has 0 saturated carbocycles. The van der Waals surface area contributed by atoms with Crippen LogP contribution in [0.2, 0.25) is 0 Å². The lowest BCUT2D eigenvalue weighted by atomic mass is 10.2. The molecule has 18 heavy (non-hydrogen) atoms. The number of hydrogen-bond acceptors (Lipinski definition) is 5. The second kappa shape index (κ2) is 5.52. The monoisotopic (exact) mass is 249 g/mol. The van der Waals surface area contributed by atoms with Crippen molar-refractivity contribution in [2.24, 2.45) is 0 Å². The highest BCUT2D eigenvalue weighted by molar-refractivity contribution is 5.55. The first-order valence-corrected chi connectivity index (χ1v) is 6.69. The summed E-state index contributed by atoms with van der Waals surface area (Å²) in [5.41, 5.74) is 6.83. The Hall–Kier alpha value is -1.36. The van der Waals surface area contributed by atoms with Crippen LogP contribution in [0.15, 0.2) is 6.33 Å².